The van der Waals surface area contributed by atoms with Crippen LogP contribution in [0.15, 0.2) is 24.4 Å². The van der Waals surface area contributed by atoms with Gasteiger partial charge in [-0.3, -0.25) is 4.79 Å². The van der Waals surface area contributed by atoms with Crippen LogP contribution in [-0.2, 0) is 9.53 Å². The molecule has 6 heteroatoms. The summed E-state index contributed by atoms with van der Waals surface area (Å²) in [7, 11) is 0. The number of ether oxygens (including phenoxy) is 2. The van der Waals surface area contributed by atoms with Crippen molar-refractivity contribution >= 4 is 5.91 Å². The summed E-state index contributed by atoms with van der Waals surface area (Å²) in [4.78, 5) is 18.6. The Balaban J connectivity index is 1.47. The highest BCUT2D eigenvalue weighted by atomic mass is 16.5. The van der Waals surface area contributed by atoms with Crippen LogP contribution < -0.4 is 10.5 Å². The Labute approximate surface area is 137 Å². The molecular weight excluding hydrogens is 294 g/mol. The van der Waals surface area contributed by atoms with Crippen LogP contribution in [0.2, 0.25) is 0 Å². The Morgan fingerprint density at radius 1 is 1.26 bits per heavy atom. The molecule has 2 aliphatic heterocycles. The third-order valence-corrected chi connectivity index (χ3v) is 4.74. The molecule has 3 rings (SSSR count). The molecule has 0 aliphatic carbocycles. The maximum atomic E-state index is 12.6. The highest BCUT2D eigenvalue weighted by Gasteiger charge is 2.32. The minimum atomic E-state index is -0.396. The van der Waals surface area contributed by atoms with Gasteiger partial charge in [0.1, 0.15) is 6.10 Å². The van der Waals surface area contributed by atoms with Gasteiger partial charge in [0.05, 0.1) is 6.04 Å². The van der Waals surface area contributed by atoms with E-state index in [0.29, 0.717) is 32.2 Å². The summed E-state index contributed by atoms with van der Waals surface area (Å²) < 4.78 is 11.2. The highest BCUT2D eigenvalue weighted by molar-refractivity contribution is 5.82. The van der Waals surface area contributed by atoms with Crippen molar-refractivity contribution in [3.05, 3.63) is 24.4 Å². The van der Waals surface area contributed by atoms with E-state index in [1.807, 2.05) is 23.1 Å². The SMILES string of the molecule is NC(C(=O)N1CCC(Oc2ccccn2)CC1)C1CCOCC1. The first kappa shape index (κ1) is 16.2. The summed E-state index contributed by atoms with van der Waals surface area (Å²) in [6.45, 7) is 2.83. The lowest BCUT2D eigenvalue weighted by molar-refractivity contribution is -0.136. The number of carbonyl (C=O) groups is 1. The Morgan fingerprint density at radius 3 is 2.65 bits per heavy atom. The first-order valence-corrected chi connectivity index (χ1v) is 8.44. The normalized spacial score (nSPS) is 21.9. The van der Waals surface area contributed by atoms with Crippen molar-refractivity contribution < 1.29 is 14.3 Å². The van der Waals surface area contributed by atoms with E-state index in [0.717, 1.165) is 25.7 Å². The third kappa shape index (κ3) is 4.20. The topological polar surface area (TPSA) is 77.7 Å². The standard InChI is InChI=1S/C17H25N3O3/c18-16(13-6-11-22-12-7-13)17(21)20-9-4-14(5-10-20)23-15-3-1-2-8-19-15/h1-3,8,13-14,16H,4-7,9-12,18H2. The van der Waals surface area contributed by atoms with Gasteiger partial charge in [-0.2, -0.15) is 0 Å². The van der Waals surface area contributed by atoms with Gasteiger partial charge in [0.25, 0.3) is 0 Å². The average molecular weight is 319 g/mol. The van der Waals surface area contributed by atoms with Gasteiger partial charge in [0.2, 0.25) is 11.8 Å². The van der Waals surface area contributed by atoms with Gasteiger partial charge in [0.15, 0.2) is 0 Å². The van der Waals surface area contributed by atoms with Crippen LogP contribution in [0.4, 0.5) is 0 Å². The van der Waals surface area contributed by atoms with Gasteiger partial charge in [-0.1, -0.05) is 6.07 Å². The molecule has 126 valence electrons. The van der Waals surface area contributed by atoms with Crippen LogP contribution in [0.1, 0.15) is 25.7 Å². The molecule has 23 heavy (non-hydrogen) atoms. The minimum absolute atomic E-state index is 0.0770. The van der Waals surface area contributed by atoms with Crippen LogP contribution in [0.5, 0.6) is 5.88 Å². The molecule has 2 N–H and O–H groups in total. The highest BCUT2D eigenvalue weighted by Crippen LogP contribution is 2.22. The van der Waals surface area contributed by atoms with Crippen LogP contribution in [0.25, 0.3) is 0 Å². The quantitative estimate of drug-likeness (QED) is 0.902. The second-order valence-electron chi connectivity index (χ2n) is 6.29. The Morgan fingerprint density at radius 2 is 2.00 bits per heavy atom. The van der Waals surface area contributed by atoms with Crippen molar-refractivity contribution in [1.29, 1.82) is 0 Å². The van der Waals surface area contributed by atoms with Crippen molar-refractivity contribution in [2.75, 3.05) is 26.3 Å². The largest absolute Gasteiger partial charge is 0.474 e. The lowest BCUT2D eigenvalue weighted by atomic mass is 9.91. The lowest BCUT2D eigenvalue weighted by Crippen LogP contribution is -2.52. The van der Waals surface area contributed by atoms with Crippen LogP contribution in [0, 0.1) is 5.92 Å². The summed E-state index contributed by atoms with van der Waals surface area (Å²) in [6, 6.07) is 5.24. The van der Waals surface area contributed by atoms with E-state index < -0.39 is 6.04 Å². The first-order chi connectivity index (χ1) is 11.2. The van der Waals surface area contributed by atoms with E-state index in [4.69, 9.17) is 15.2 Å². The van der Waals surface area contributed by atoms with E-state index in [9.17, 15) is 4.79 Å². The van der Waals surface area contributed by atoms with Crippen molar-refractivity contribution in [1.82, 2.24) is 9.88 Å². The molecule has 1 amide bonds. The second-order valence-corrected chi connectivity index (χ2v) is 6.29. The predicted molar refractivity (Wildman–Crippen MR) is 86.0 cm³/mol. The second kappa shape index (κ2) is 7.75. The molecule has 2 saturated heterocycles. The fraction of sp³-hybridized carbons (Fsp3) is 0.647. The smallest absolute Gasteiger partial charge is 0.239 e. The van der Waals surface area contributed by atoms with Gasteiger partial charge >= 0.3 is 0 Å². The van der Waals surface area contributed by atoms with Crippen molar-refractivity contribution in [2.45, 2.75) is 37.8 Å². The van der Waals surface area contributed by atoms with E-state index in [-0.39, 0.29) is 17.9 Å². The molecule has 3 heterocycles. The number of piperidine rings is 1. The maximum Gasteiger partial charge on any atom is 0.239 e. The molecule has 0 radical (unpaired) electrons. The van der Waals surface area contributed by atoms with Gasteiger partial charge < -0.3 is 20.1 Å². The predicted octanol–water partition coefficient (Wildman–Crippen LogP) is 1.21. The molecule has 0 bridgehead atoms. The molecule has 2 fully saturated rings. The number of aromatic nitrogens is 1. The zero-order valence-electron chi connectivity index (χ0n) is 13.4. The summed E-state index contributed by atoms with van der Waals surface area (Å²) in [6.07, 6.45) is 5.25. The fourth-order valence-corrected chi connectivity index (χ4v) is 3.27. The number of likely N-dealkylation sites (tertiary alicyclic amines) is 1. The third-order valence-electron chi connectivity index (χ3n) is 4.74. The number of rotatable bonds is 4. The molecule has 1 aromatic heterocycles. The Bertz CT molecular complexity index is 497. The summed E-state index contributed by atoms with van der Waals surface area (Å²) in [5, 5.41) is 0. The van der Waals surface area contributed by atoms with Crippen LogP contribution in [0.3, 0.4) is 0 Å². The number of nitrogens with zero attached hydrogens (tertiary/aromatic N) is 2. The molecule has 1 unspecified atom stereocenters. The van der Waals surface area contributed by atoms with E-state index >= 15 is 0 Å². The van der Waals surface area contributed by atoms with Gasteiger partial charge in [0, 0.05) is 51.4 Å². The van der Waals surface area contributed by atoms with Crippen molar-refractivity contribution in [2.24, 2.45) is 11.7 Å². The van der Waals surface area contributed by atoms with Crippen molar-refractivity contribution in [3.63, 3.8) is 0 Å². The van der Waals surface area contributed by atoms with Crippen molar-refractivity contribution in [3.8, 4) is 5.88 Å². The minimum Gasteiger partial charge on any atom is -0.474 e. The zero-order chi connectivity index (χ0) is 16.1. The summed E-state index contributed by atoms with van der Waals surface area (Å²) in [5.41, 5.74) is 6.19. The van der Waals surface area contributed by atoms with Gasteiger partial charge in [-0.25, -0.2) is 4.98 Å². The molecule has 0 spiro atoms. The molecule has 2 aliphatic rings. The number of nitrogens with two attached hydrogens (primary N) is 1. The van der Waals surface area contributed by atoms with E-state index in [1.54, 1.807) is 6.20 Å². The molecule has 1 aromatic rings. The van der Waals surface area contributed by atoms with Crippen LogP contribution >= 0.6 is 0 Å². The maximum absolute atomic E-state index is 12.6. The first-order valence-electron chi connectivity index (χ1n) is 8.44. The van der Waals surface area contributed by atoms with E-state index in [2.05, 4.69) is 4.98 Å². The van der Waals surface area contributed by atoms with Gasteiger partial charge in [-0.15, -0.1) is 0 Å². The average Bonchev–Trinajstić information content (AvgIpc) is 2.63. The number of amides is 1. The molecule has 0 saturated carbocycles. The fourth-order valence-electron chi connectivity index (χ4n) is 3.27. The lowest BCUT2D eigenvalue weighted by Gasteiger charge is -2.35. The number of hydrogen-bond acceptors (Lipinski definition) is 5. The zero-order valence-corrected chi connectivity index (χ0v) is 13.4. The Hall–Kier alpha value is -1.66. The van der Waals surface area contributed by atoms with Gasteiger partial charge in [-0.05, 0) is 24.8 Å². The number of carbonyl (C=O) groups excluding carboxylic acids is 1. The Kier molecular flexibility index (Phi) is 5.46. The van der Waals surface area contributed by atoms with E-state index in [1.165, 1.54) is 0 Å². The van der Waals surface area contributed by atoms with Crippen LogP contribution in [-0.4, -0.2) is 54.2 Å². The summed E-state index contributed by atoms with van der Waals surface area (Å²) in [5.74, 6) is 0.975. The molecule has 0 aromatic carbocycles. The monoisotopic (exact) mass is 319 g/mol. The molecular formula is C17H25N3O3. The summed E-state index contributed by atoms with van der Waals surface area (Å²) >= 11 is 0. The molecule has 6 nitrogen and oxygen atoms in total. The number of pyridine rings is 1. The molecule has 1 atom stereocenters. The number of hydrogen-bond donors (Lipinski definition) is 1.